The Morgan fingerprint density at radius 1 is 1.06 bits per heavy atom. The third-order valence-electron chi connectivity index (χ3n) is 9.50. The molecule has 3 aliphatic rings. The molecular formula is C35H36ClN11O4. The molecule has 1 N–H and O–H groups in total. The van der Waals surface area contributed by atoms with E-state index < -0.39 is 12.1 Å². The molecule has 0 radical (unpaired) electrons. The van der Waals surface area contributed by atoms with Gasteiger partial charge in [-0.15, -0.1) is 5.10 Å². The summed E-state index contributed by atoms with van der Waals surface area (Å²) in [4.78, 5) is 61.7. The number of aromatic nitrogens is 6. The van der Waals surface area contributed by atoms with Crippen LogP contribution in [-0.4, -0.2) is 90.8 Å². The average Bonchev–Trinajstić information content (AvgIpc) is 3.84. The van der Waals surface area contributed by atoms with Crippen molar-refractivity contribution < 1.29 is 19.1 Å². The second kappa shape index (κ2) is 14.0. The topological polar surface area (TPSA) is 175 Å². The van der Waals surface area contributed by atoms with Gasteiger partial charge in [0.15, 0.2) is 17.5 Å². The Bertz CT molecular complexity index is 2080. The van der Waals surface area contributed by atoms with Gasteiger partial charge < -0.3 is 15.0 Å². The van der Waals surface area contributed by atoms with E-state index in [1.807, 2.05) is 32.0 Å². The van der Waals surface area contributed by atoms with Crippen LogP contribution in [0.5, 0.6) is 0 Å². The van der Waals surface area contributed by atoms with Crippen molar-refractivity contribution in [2.24, 2.45) is 0 Å². The molecule has 7 rings (SSSR count). The highest BCUT2D eigenvalue weighted by Gasteiger charge is 2.53. The minimum Gasteiger partial charge on any atom is -0.375 e. The van der Waals surface area contributed by atoms with E-state index in [1.165, 1.54) is 6.07 Å². The number of carbonyl (C=O) groups is 3. The second-order valence-electron chi connectivity index (χ2n) is 12.6. The third kappa shape index (κ3) is 6.25. The molecule has 2 fully saturated rings. The summed E-state index contributed by atoms with van der Waals surface area (Å²) in [7, 11) is 0. The fourth-order valence-electron chi connectivity index (χ4n) is 6.81. The maximum atomic E-state index is 13.4. The van der Waals surface area contributed by atoms with Crippen molar-refractivity contribution in [2.45, 2.75) is 65.1 Å². The van der Waals surface area contributed by atoms with Gasteiger partial charge in [-0.3, -0.25) is 19.2 Å². The van der Waals surface area contributed by atoms with Crippen LogP contribution in [0.25, 0.3) is 22.8 Å². The van der Waals surface area contributed by atoms with Gasteiger partial charge in [0, 0.05) is 37.5 Å². The predicted octanol–water partition coefficient (Wildman–Crippen LogP) is 4.51. The summed E-state index contributed by atoms with van der Waals surface area (Å²) in [6.07, 6.45) is 6.10. The molecule has 4 amide bonds. The van der Waals surface area contributed by atoms with Crippen LogP contribution in [-0.2, 0) is 20.9 Å². The summed E-state index contributed by atoms with van der Waals surface area (Å²) >= 11 is 6.32. The van der Waals surface area contributed by atoms with Gasteiger partial charge in [-0.2, -0.15) is 5.26 Å². The van der Waals surface area contributed by atoms with E-state index in [4.69, 9.17) is 26.3 Å². The summed E-state index contributed by atoms with van der Waals surface area (Å²) in [6, 6.07) is 7.85. The lowest BCUT2D eigenvalue weighted by Crippen LogP contribution is -2.40. The summed E-state index contributed by atoms with van der Waals surface area (Å²) < 4.78 is 7.93. The number of hydrogen-bond acceptors (Lipinski definition) is 11. The highest BCUT2D eigenvalue weighted by Crippen LogP contribution is 2.37. The summed E-state index contributed by atoms with van der Waals surface area (Å²) in [6.45, 7) is 7.78. The van der Waals surface area contributed by atoms with Crippen LogP contribution in [0.3, 0.4) is 0 Å². The molecule has 0 spiro atoms. The number of unbranched alkanes of at least 4 members (excludes halogenated alkanes) is 2. The highest BCUT2D eigenvalue weighted by molar-refractivity contribution is 6.33. The quantitative estimate of drug-likeness (QED) is 0.171. The Labute approximate surface area is 299 Å². The second-order valence-corrected chi connectivity index (χ2v) is 13.0. The molecule has 2 atom stereocenters. The predicted molar refractivity (Wildman–Crippen MR) is 188 cm³/mol. The van der Waals surface area contributed by atoms with E-state index in [0.717, 1.165) is 35.4 Å². The number of nitrogens with zero attached hydrogens (tertiary/aromatic N) is 10. The zero-order valence-corrected chi connectivity index (χ0v) is 29.2. The first-order chi connectivity index (χ1) is 24.7. The maximum absolute atomic E-state index is 13.4. The van der Waals surface area contributed by atoms with Crippen molar-refractivity contribution in [2.75, 3.05) is 41.4 Å². The lowest BCUT2D eigenvalue weighted by molar-refractivity contribution is -0.122. The molecule has 0 saturated carbocycles. The van der Waals surface area contributed by atoms with Crippen LogP contribution in [0, 0.1) is 25.2 Å². The zero-order valence-electron chi connectivity index (χ0n) is 28.5. The van der Waals surface area contributed by atoms with Crippen molar-refractivity contribution in [1.82, 2.24) is 34.6 Å². The number of aryl methyl sites for hydroxylation is 2. The first-order valence-corrected chi connectivity index (χ1v) is 17.3. The summed E-state index contributed by atoms with van der Waals surface area (Å²) in [5.41, 5.74) is 4.02. The molecule has 6 heterocycles. The normalized spacial score (nSPS) is 18.3. The van der Waals surface area contributed by atoms with Crippen LogP contribution >= 0.6 is 11.6 Å². The van der Waals surface area contributed by atoms with Crippen molar-refractivity contribution in [3.8, 4) is 28.8 Å². The molecule has 16 heteroatoms. The van der Waals surface area contributed by atoms with Crippen LogP contribution in [0.4, 0.5) is 22.1 Å². The highest BCUT2D eigenvalue weighted by atomic mass is 35.5. The number of benzene rings is 1. The SMILES string of the molecule is CCN1C(=O)CNc2ncc(-c3ccc(-c4ncn(CCCCCO[C@@H]5CCN6C(=O)N(c7ccc(C#N)c(Cl)c7C)C(=O)[C@H]56)n4)nc3C)nc21. The largest absolute Gasteiger partial charge is 0.375 e. The minimum atomic E-state index is -0.675. The van der Waals surface area contributed by atoms with E-state index in [1.54, 1.807) is 40.0 Å². The van der Waals surface area contributed by atoms with E-state index >= 15 is 0 Å². The Morgan fingerprint density at radius 3 is 2.69 bits per heavy atom. The smallest absolute Gasteiger partial charge is 0.332 e. The maximum Gasteiger partial charge on any atom is 0.332 e. The Morgan fingerprint density at radius 2 is 1.90 bits per heavy atom. The molecule has 51 heavy (non-hydrogen) atoms. The van der Waals surface area contributed by atoms with Gasteiger partial charge in [-0.1, -0.05) is 11.6 Å². The molecule has 2 saturated heterocycles. The lowest BCUT2D eigenvalue weighted by atomic mass is 10.1. The number of anilines is 3. The lowest BCUT2D eigenvalue weighted by Gasteiger charge is -2.27. The number of imide groups is 1. The van der Waals surface area contributed by atoms with Crippen molar-refractivity contribution in [1.29, 1.82) is 5.26 Å². The molecule has 1 aromatic carbocycles. The molecular weight excluding hydrogens is 674 g/mol. The van der Waals surface area contributed by atoms with E-state index in [0.29, 0.717) is 78.3 Å². The molecule has 0 bridgehead atoms. The first kappa shape index (κ1) is 34.0. The number of likely N-dealkylation sites (N-methyl/N-ethyl adjacent to an activating group) is 1. The number of nitriles is 1. The fourth-order valence-corrected chi connectivity index (χ4v) is 7.01. The summed E-state index contributed by atoms with van der Waals surface area (Å²) in [5.74, 6) is 1.24. The number of fused-ring (bicyclic) bond motifs is 2. The van der Waals surface area contributed by atoms with Gasteiger partial charge in [0.25, 0.3) is 5.91 Å². The first-order valence-electron chi connectivity index (χ1n) is 16.9. The van der Waals surface area contributed by atoms with Gasteiger partial charge in [-0.05, 0) is 76.3 Å². The van der Waals surface area contributed by atoms with Crippen LogP contribution in [0.1, 0.15) is 49.4 Å². The number of ether oxygens (including phenoxy) is 1. The Kier molecular flexibility index (Phi) is 9.37. The number of carbonyl (C=O) groups excluding carboxylic acids is 3. The number of nitrogens with one attached hydrogen (secondary N) is 1. The van der Waals surface area contributed by atoms with Gasteiger partial charge in [0.2, 0.25) is 5.91 Å². The van der Waals surface area contributed by atoms with Crippen LogP contribution in [0.15, 0.2) is 36.8 Å². The monoisotopic (exact) mass is 709 g/mol. The van der Waals surface area contributed by atoms with Gasteiger partial charge in [0.1, 0.15) is 24.1 Å². The van der Waals surface area contributed by atoms with Crippen LogP contribution in [0.2, 0.25) is 5.02 Å². The van der Waals surface area contributed by atoms with Crippen molar-refractivity contribution in [3.05, 3.63) is 58.6 Å². The van der Waals surface area contributed by atoms with E-state index in [9.17, 15) is 19.6 Å². The number of amides is 4. The van der Waals surface area contributed by atoms with Crippen LogP contribution < -0.4 is 15.1 Å². The van der Waals surface area contributed by atoms with Crippen molar-refractivity contribution in [3.63, 3.8) is 0 Å². The molecule has 3 aromatic heterocycles. The van der Waals surface area contributed by atoms with E-state index in [2.05, 4.69) is 20.4 Å². The number of pyridine rings is 1. The molecule has 15 nitrogen and oxygen atoms in total. The zero-order chi connectivity index (χ0) is 35.8. The molecule has 3 aliphatic heterocycles. The standard InChI is InChI=1S/C35H36ClN11O4/c1-4-45-28(48)18-39-32-33(45)42-25(17-38-32)23-9-10-24(41-21(23)3)31-40-19-44(43-31)13-6-5-7-15-51-27-12-14-46-30(27)34(49)47(35(46)50)26-11-8-22(16-37)29(36)20(26)2/h8-11,17,19,27,30H,4-7,12-15,18H2,1-3H3,(H,38,39)/t27-,30+/m1/s1. The average molecular weight is 710 g/mol. The minimum absolute atomic E-state index is 0.0477. The van der Waals surface area contributed by atoms with Crippen molar-refractivity contribution >= 4 is 46.8 Å². The number of urea groups is 1. The molecule has 4 aromatic rings. The number of halogens is 1. The van der Waals surface area contributed by atoms with Gasteiger partial charge in [-0.25, -0.2) is 29.6 Å². The fraction of sp³-hybridized carbons (Fsp3) is 0.400. The number of rotatable bonds is 11. The molecule has 262 valence electrons. The van der Waals surface area contributed by atoms with E-state index in [-0.39, 0.29) is 29.5 Å². The number of hydrogen-bond donors (Lipinski definition) is 1. The Hall–Kier alpha value is -5.46. The summed E-state index contributed by atoms with van der Waals surface area (Å²) in [5, 5.41) is 17.1. The Balaban J connectivity index is 0.898. The van der Waals surface area contributed by atoms with Gasteiger partial charge >= 0.3 is 6.03 Å². The van der Waals surface area contributed by atoms with Gasteiger partial charge in [0.05, 0.1) is 40.8 Å². The molecule has 0 aliphatic carbocycles. The molecule has 0 unspecified atom stereocenters. The third-order valence-corrected chi connectivity index (χ3v) is 9.98.